The zero-order chi connectivity index (χ0) is 15.6. The minimum Gasteiger partial charge on any atom is -0.452 e. The van der Waals surface area contributed by atoms with Gasteiger partial charge < -0.3 is 9.73 Å². The third kappa shape index (κ3) is 4.09. The van der Waals surface area contributed by atoms with Crippen molar-refractivity contribution in [3.05, 3.63) is 16.5 Å². The molecule has 0 bridgehead atoms. The molecule has 0 aliphatic heterocycles. The first-order chi connectivity index (χ1) is 9.86. The van der Waals surface area contributed by atoms with Gasteiger partial charge in [-0.3, -0.25) is 0 Å². The molecule has 0 spiro atoms. The standard InChI is InChI=1S/C14H23BrN2O3S/c1-4-7-17(10(2)3)21(18,19)13-8-12(20-14(13)15)9-16-11-5-6-11/h8,10-11,16H,4-7,9H2,1-3H3. The number of hydrogen-bond acceptors (Lipinski definition) is 4. The van der Waals surface area contributed by atoms with Crippen LogP contribution in [0.25, 0.3) is 0 Å². The monoisotopic (exact) mass is 378 g/mol. The molecule has 5 nitrogen and oxygen atoms in total. The van der Waals surface area contributed by atoms with E-state index in [1.54, 1.807) is 6.07 Å². The molecule has 0 radical (unpaired) electrons. The normalized spacial score (nSPS) is 16.1. The van der Waals surface area contributed by atoms with Crippen molar-refractivity contribution in [1.82, 2.24) is 9.62 Å². The minimum atomic E-state index is -3.53. The van der Waals surface area contributed by atoms with Crippen molar-refractivity contribution in [3.63, 3.8) is 0 Å². The summed E-state index contributed by atoms with van der Waals surface area (Å²) in [5.41, 5.74) is 0. The van der Waals surface area contributed by atoms with Gasteiger partial charge in [-0.15, -0.1) is 0 Å². The second-order valence-corrected chi connectivity index (χ2v) is 8.29. The molecule has 21 heavy (non-hydrogen) atoms. The topological polar surface area (TPSA) is 62.6 Å². The Morgan fingerprint density at radius 3 is 2.67 bits per heavy atom. The van der Waals surface area contributed by atoms with E-state index < -0.39 is 10.0 Å². The predicted octanol–water partition coefficient (Wildman–Crippen LogP) is 3.10. The van der Waals surface area contributed by atoms with Crippen molar-refractivity contribution in [1.29, 1.82) is 0 Å². The van der Waals surface area contributed by atoms with E-state index in [1.165, 1.54) is 17.1 Å². The van der Waals surface area contributed by atoms with E-state index in [0.717, 1.165) is 6.42 Å². The lowest BCUT2D eigenvalue weighted by atomic mass is 10.4. The van der Waals surface area contributed by atoms with Gasteiger partial charge in [0.2, 0.25) is 10.0 Å². The Hall–Kier alpha value is -0.370. The summed E-state index contributed by atoms with van der Waals surface area (Å²) in [5.74, 6) is 0.646. The van der Waals surface area contributed by atoms with Gasteiger partial charge in [-0.1, -0.05) is 6.92 Å². The molecule has 120 valence electrons. The first-order valence-electron chi connectivity index (χ1n) is 7.39. The van der Waals surface area contributed by atoms with Gasteiger partial charge in [0, 0.05) is 24.7 Å². The maximum Gasteiger partial charge on any atom is 0.247 e. The van der Waals surface area contributed by atoms with Gasteiger partial charge in [-0.2, -0.15) is 4.31 Å². The SMILES string of the molecule is CCCN(C(C)C)S(=O)(=O)c1cc(CNC2CC2)oc1Br. The molecule has 1 fully saturated rings. The van der Waals surface area contributed by atoms with Crippen LogP contribution in [0.1, 0.15) is 45.8 Å². The number of sulfonamides is 1. The van der Waals surface area contributed by atoms with Crippen LogP contribution in [0.15, 0.2) is 20.0 Å². The summed E-state index contributed by atoms with van der Waals surface area (Å²) in [6.45, 7) is 6.81. The molecular formula is C14H23BrN2O3S. The lowest BCUT2D eigenvalue weighted by molar-refractivity contribution is 0.353. The van der Waals surface area contributed by atoms with Crippen LogP contribution in [0, 0.1) is 0 Å². The van der Waals surface area contributed by atoms with Crippen LogP contribution in [-0.4, -0.2) is 31.4 Å². The Kier molecular flexibility index (Phi) is 5.51. The first kappa shape index (κ1) is 17.0. The van der Waals surface area contributed by atoms with E-state index in [1.807, 2.05) is 20.8 Å². The zero-order valence-electron chi connectivity index (χ0n) is 12.7. The van der Waals surface area contributed by atoms with Crippen LogP contribution in [0.3, 0.4) is 0 Å². The van der Waals surface area contributed by atoms with Gasteiger partial charge in [-0.25, -0.2) is 8.42 Å². The summed E-state index contributed by atoms with van der Waals surface area (Å²) in [6.07, 6.45) is 3.15. The van der Waals surface area contributed by atoms with Crippen LogP contribution >= 0.6 is 15.9 Å². The first-order valence-corrected chi connectivity index (χ1v) is 9.63. The molecule has 0 atom stereocenters. The summed E-state index contributed by atoms with van der Waals surface area (Å²) in [5, 5.41) is 3.32. The van der Waals surface area contributed by atoms with Crippen LogP contribution < -0.4 is 5.32 Å². The number of hydrogen-bond donors (Lipinski definition) is 1. The lowest BCUT2D eigenvalue weighted by Crippen LogP contribution is -2.37. The molecule has 1 heterocycles. The van der Waals surface area contributed by atoms with E-state index in [0.29, 0.717) is 24.9 Å². The zero-order valence-corrected chi connectivity index (χ0v) is 15.1. The molecule has 0 unspecified atom stereocenters. The van der Waals surface area contributed by atoms with Gasteiger partial charge in [0.25, 0.3) is 0 Å². The van der Waals surface area contributed by atoms with Gasteiger partial charge in [0.1, 0.15) is 10.7 Å². The van der Waals surface area contributed by atoms with Crippen molar-refractivity contribution < 1.29 is 12.8 Å². The summed E-state index contributed by atoms with van der Waals surface area (Å²) in [7, 11) is -3.53. The molecule has 0 amide bonds. The highest BCUT2D eigenvalue weighted by Gasteiger charge is 2.31. The van der Waals surface area contributed by atoms with Crippen molar-refractivity contribution in [2.75, 3.05) is 6.54 Å². The highest BCUT2D eigenvalue weighted by Crippen LogP contribution is 2.30. The Morgan fingerprint density at radius 2 is 2.14 bits per heavy atom. The number of furan rings is 1. The quantitative estimate of drug-likeness (QED) is 0.754. The van der Waals surface area contributed by atoms with Crippen molar-refractivity contribution >= 4 is 26.0 Å². The Balaban J connectivity index is 2.21. The van der Waals surface area contributed by atoms with E-state index in [4.69, 9.17) is 4.42 Å². The molecule has 7 heteroatoms. The van der Waals surface area contributed by atoms with Crippen molar-refractivity contribution in [2.24, 2.45) is 0 Å². The maximum atomic E-state index is 12.8. The highest BCUT2D eigenvalue weighted by atomic mass is 79.9. The molecule has 0 aromatic carbocycles. The van der Waals surface area contributed by atoms with E-state index in [9.17, 15) is 8.42 Å². The van der Waals surface area contributed by atoms with E-state index >= 15 is 0 Å². The minimum absolute atomic E-state index is 0.0789. The van der Waals surface area contributed by atoms with Crippen LogP contribution in [0.5, 0.6) is 0 Å². The highest BCUT2D eigenvalue weighted by molar-refractivity contribution is 9.10. The number of rotatable bonds is 8. The maximum absolute atomic E-state index is 12.8. The molecular weight excluding hydrogens is 356 g/mol. The predicted molar refractivity (Wildman–Crippen MR) is 85.6 cm³/mol. The van der Waals surface area contributed by atoms with Crippen LogP contribution in [0.2, 0.25) is 0 Å². The van der Waals surface area contributed by atoms with Crippen LogP contribution in [-0.2, 0) is 16.6 Å². The van der Waals surface area contributed by atoms with Gasteiger partial charge in [0.15, 0.2) is 4.67 Å². The third-order valence-corrected chi connectivity index (χ3v) is 6.39. The summed E-state index contributed by atoms with van der Waals surface area (Å²) in [6, 6.07) is 2.10. The molecule has 2 rings (SSSR count). The molecule has 1 saturated carbocycles. The average Bonchev–Trinajstić information content (AvgIpc) is 3.15. The fourth-order valence-corrected chi connectivity index (χ4v) is 4.89. The Morgan fingerprint density at radius 1 is 1.48 bits per heavy atom. The second kappa shape index (κ2) is 6.81. The summed E-state index contributed by atoms with van der Waals surface area (Å²) in [4.78, 5) is 0.220. The fraction of sp³-hybridized carbons (Fsp3) is 0.714. The van der Waals surface area contributed by atoms with E-state index in [-0.39, 0.29) is 15.6 Å². The number of nitrogens with one attached hydrogen (secondary N) is 1. The summed E-state index contributed by atoms with van der Waals surface area (Å²) < 4.78 is 32.9. The number of halogens is 1. The van der Waals surface area contributed by atoms with Gasteiger partial charge in [0.05, 0.1) is 6.54 Å². The molecule has 1 aromatic rings. The van der Waals surface area contributed by atoms with Crippen LogP contribution in [0.4, 0.5) is 0 Å². The largest absolute Gasteiger partial charge is 0.452 e. The third-order valence-electron chi connectivity index (χ3n) is 3.46. The lowest BCUT2D eigenvalue weighted by Gasteiger charge is -2.24. The molecule has 1 N–H and O–H groups in total. The molecule has 0 saturated heterocycles. The molecule has 1 aliphatic rings. The fourth-order valence-electron chi connectivity index (χ4n) is 2.20. The smallest absolute Gasteiger partial charge is 0.247 e. The molecule has 1 aliphatic carbocycles. The van der Waals surface area contributed by atoms with Gasteiger partial charge >= 0.3 is 0 Å². The molecule has 1 aromatic heterocycles. The van der Waals surface area contributed by atoms with Crippen molar-refractivity contribution in [2.45, 2.75) is 63.6 Å². The summed E-state index contributed by atoms with van der Waals surface area (Å²) >= 11 is 3.24. The van der Waals surface area contributed by atoms with Gasteiger partial charge in [-0.05, 0) is 49.0 Å². The van der Waals surface area contributed by atoms with E-state index in [2.05, 4.69) is 21.2 Å². The number of nitrogens with zero attached hydrogens (tertiary/aromatic N) is 1. The Bertz CT molecular complexity index is 579. The Labute approximate surface area is 135 Å². The average molecular weight is 379 g/mol. The second-order valence-electron chi connectivity index (χ2n) is 5.72. The van der Waals surface area contributed by atoms with Crippen molar-refractivity contribution in [3.8, 4) is 0 Å².